The molecule has 5 rings (SSSR count). The second-order valence-electron chi connectivity index (χ2n) is 9.89. The minimum absolute atomic E-state index is 0.0208. The van der Waals surface area contributed by atoms with E-state index in [1.165, 1.54) is 17.7 Å². The monoisotopic (exact) mass is 535 g/mol. The Labute approximate surface area is 226 Å². The van der Waals surface area contributed by atoms with E-state index in [1.807, 2.05) is 40.3 Å². The van der Waals surface area contributed by atoms with E-state index < -0.39 is 11.7 Å². The van der Waals surface area contributed by atoms with E-state index in [0.29, 0.717) is 31.9 Å². The normalized spacial score (nSPS) is 15.0. The number of para-hydroxylation sites is 1. The predicted octanol–water partition coefficient (Wildman–Crippen LogP) is 6.63. The third-order valence-corrected chi connectivity index (χ3v) is 7.64. The van der Waals surface area contributed by atoms with E-state index in [2.05, 4.69) is 30.1 Å². The van der Waals surface area contributed by atoms with Crippen molar-refractivity contribution in [2.75, 3.05) is 38.2 Å². The molecule has 1 N–H and O–H groups in total. The van der Waals surface area contributed by atoms with Crippen molar-refractivity contribution < 1.29 is 22.7 Å². The zero-order chi connectivity index (χ0) is 27.6. The standard InChI is InChI=1S/C31H32F3N3O2/c1-3-21-7-5-12-26-28(20-35-30(21)26)27(22-8-4-11-25(17-22)39-2)19-29(38)37-15-13-36(14-16-37)24-10-6-9-23(18-24)31(32,33)34/h4-12,17-18,20,27,35H,3,13-16,19H2,1-2H3/t27-/m1/s1. The number of aryl methyl sites for hydroxylation is 1. The molecule has 1 aliphatic heterocycles. The van der Waals surface area contributed by atoms with Crippen LogP contribution in [-0.2, 0) is 17.4 Å². The Morgan fingerprint density at radius 3 is 2.46 bits per heavy atom. The van der Waals surface area contributed by atoms with Crippen LogP contribution in [0.25, 0.3) is 10.9 Å². The molecule has 0 bridgehead atoms. The predicted molar refractivity (Wildman–Crippen MR) is 147 cm³/mol. The van der Waals surface area contributed by atoms with E-state index >= 15 is 0 Å². The Hall–Kier alpha value is -3.94. The maximum Gasteiger partial charge on any atom is 0.416 e. The summed E-state index contributed by atoms with van der Waals surface area (Å²) in [6.07, 6.45) is -1.20. The molecule has 0 unspecified atom stereocenters. The van der Waals surface area contributed by atoms with Gasteiger partial charge in [0.25, 0.3) is 0 Å². The highest BCUT2D eigenvalue weighted by molar-refractivity contribution is 5.88. The number of piperazine rings is 1. The Morgan fingerprint density at radius 1 is 1.00 bits per heavy atom. The van der Waals surface area contributed by atoms with Crippen molar-refractivity contribution in [1.29, 1.82) is 0 Å². The number of hydrogen-bond acceptors (Lipinski definition) is 3. The third kappa shape index (κ3) is 5.60. The van der Waals surface area contributed by atoms with Crippen molar-refractivity contribution >= 4 is 22.5 Å². The molecule has 0 saturated carbocycles. The smallest absolute Gasteiger partial charge is 0.416 e. The molecule has 0 spiro atoms. The number of nitrogens with one attached hydrogen (secondary N) is 1. The fourth-order valence-corrected chi connectivity index (χ4v) is 5.48. The average Bonchev–Trinajstić information content (AvgIpc) is 3.39. The minimum Gasteiger partial charge on any atom is -0.497 e. The Bertz CT molecular complexity index is 1450. The molecule has 0 aliphatic carbocycles. The van der Waals surface area contributed by atoms with E-state index in [0.717, 1.165) is 40.3 Å². The molecule has 1 aliphatic rings. The molecular weight excluding hydrogens is 503 g/mol. The number of aromatic amines is 1. The lowest BCUT2D eigenvalue weighted by Crippen LogP contribution is -2.49. The summed E-state index contributed by atoms with van der Waals surface area (Å²) in [6.45, 7) is 3.98. The van der Waals surface area contributed by atoms with Crippen LogP contribution < -0.4 is 9.64 Å². The topological polar surface area (TPSA) is 48.6 Å². The van der Waals surface area contributed by atoms with Crippen molar-refractivity contribution in [3.05, 3.63) is 95.2 Å². The number of benzene rings is 3. The van der Waals surface area contributed by atoms with Crippen molar-refractivity contribution in [3.63, 3.8) is 0 Å². The highest BCUT2D eigenvalue weighted by Crippen LogP contribution is 2.37. The van der Waals surface area contributed by atoms with Crippen molar-refractivity contribution in [1.82, 2.24) is 9.88 Å². The molecule has 4 aromatic rings. The zero-order valence-corrected chi connectivity index (χ0v) is 22.1. The molecule has 5 nitrogen and oxygen atoms in total. The quantitative estimate of drug-likeness (QED) is 0.289. The number of carbonyl (C=O) groups excluding carboxylic acids is 1. The van der Waals surface area contributed by atoms with Gasteiger partial charge in [0, 0.05) is 61.3 Å². The van der Waals surface area contributed by atoms with Gasteiger partial charge in [-0.1, -0.05) is 43.3 Å². The molecule has 1 saturated heterocycles. The first-order valence-corrected chi connectivity index (χ1v) is 13.2. The van der Waals surface area contributed by atoms with Crippen LogP contribution in [-0.4, -0.2) is 49.1 Å². The van der Waals surface area contributed by atoms with E-state index in [4.69, 9.17) is 4.74 Å². The number of methoxy groups -OCH3 is 1. The zero-order valence-electron chi connectivity index (χ0n) is 22.1. The average molecular weight is 536 g/mol. The summed E-state index contributed by atoms with van der Waals surface area (Å²) in [6, 6.07) is 19.5. The van der Waals surface area contributed by atoms with Gasteiger partial charge < -0.3 is 19.5 Å². The fraction of sp³-hybridized carbons (Fsp3) is 0.323. The Kier molecular flexibility index (Phi) is 7.55. The number of hydrogen-bond donors (Lipinski definition) is 1. The Morgan fingerprint density at radius 2 is 1.74 bits per heavy atom. The van der Waals surface area contributed by atoms with Crippen LogP contribution in [0.1, 0.15) is 41.5 Å². The summed E-state index contributed by atoms with van der Waals surface area (Å²) < 4.78 is 45.0. The van der Waals surface area contributed by atoms with Crippen LogP contribution in [0.4, 0.5) is 18.9 Å². The summed E-state index contributed by atoms with van der Waals surface area (Å²) in [5.74, 6) is 0.566. The van der Waals surface area contributed by atoms with Gasteiger partial charge in [-0.05, 0) is 53.4 Å². The van der Waals surface area contributed by atoms with Crippen molar-refractivity contribution in [3.8, 4) is 5.75 Å². The van der Waals surface area contributed by atoms with Crippen molar-refractivity contribution in [2.45, 2.75) is 31.9 Å². The lowest BCUT2D eigenvalue weighted by atomic mass is 9.87. The van der Waals surface area contributed by atoms with Gasteiger partial charge in [0.1, 0.15) is 5.75 Å². The number of nitrogens with zero attached hydrogens (tertiary/aromatic N) is 2. The van der Waals surface area contributed by atoms with Gasteiger partial charge in [-0.3, -0.25) is 4.79 Å². The lowest BCUT2D eigenvalue weighted by molar-refractivity contribution is -0.137. The maximum atomic E-state index is 13.6. The number of halogens is 3. The fourth-order valence-electron chi connectivity index (χ4n) is 5.48. The molecule has 1 amide bonds. The maximum absolute atomic E-state index is 13.6. The van der Waals surface area contributed by atoms with Gasteiger partial charge in [-0.25, -0.2) is 0 Å². The molecule has 3 aromatic carbocycles. The highest BCUT2D eigenvalue weighted by atomic mass is 19.4. The van der Waals surface area contributed by atoms with Crippen LogP contribution >= 0.6 is 0 Å². The van der Waals surface area contributed by atoms with Gasteiger partial charge in [0.15, 0.2) is 0 Å². The molecule has 1 fully saturated rings. The summed E-state index contributed by atoms with van der Waals surface area (Å²) in [4.78, 5) is 20.8. The van der Waals surface area contributed by atoms with Gasteiger partial charge in [-0.15, -0.1) is 0 Å². The van der Waals surface area contributed by atoms with Gasteiger partial charge >= 0.3 is 6.18 Å². The summed E-state index contributed by atoms with van der Waals surface area (Å²) in [5, 5.41) is 1.10. The lowest BCUT2D eigenvalue weighted by Gasteiger charge is -2.37. The number of H-pyrrole nitrogens is 1. The number of rotatable bonds is 7. The first kappa shape index (κ1) is 26.7. The van der Waals surface area contributed by atoms with Crippen LogP contribution in [0, 0.1) is 0 Å². The van der Waals surface area contributed by atoms with E-state index in [-0.39, 0.29) is 18.2 Å². The molecule has 1 atom stereocenters. The first-order valence-electron chi connectivity index (χ1n) is 13.2. The van der Waals surface area contributed by atoms with Crippen LogP contribution in [0.2, 0.25) is 0 Å². The number of aromatic nitrogens is 1. The SMILES string of the molecule is CCc1cccc2c([C@H](CC(=O)N3CCN(c4cccc(C(F)(F)F)c4)CC3)c3cccc(OC)c3)c[nH]c12. The van der Waals surface area contributed by atoms with Crippen LogP contribution in [0.3, 0.4) is 0 Å². The van der Waals surface area contributed by atoms with Gasteiger partial charge in [-0.2, -0.15) is 13.2 Å². The second kappa shape index (κ2) is 11.0. The molecule has 8 heteroatoms. The number of fused-ring (bicyclic) bond motifs is 1. The van der Waals surface area contributed by atoms with E-state index in [1.54, 1.807) is 13.2 Å². The van der Waals surface area contributed by atoms with Crippen LogP contribution in [0.15, 0.2) is 72.9 Å². The molecule has 204 valence electrons. The molecule has 2 heterocycles. The number of alkyl halides is 3. The molecule has 0 radical (unpaired) electrons. The number of ether oxygens (including phenoxy) is 1. The summed E-state index contributed by atoms with van der Waals surface area (Å²) >= 11 is 0. The number of anilines is 1. The number of carbonyl (C=O) groups is 1. The van der Waals surface area contributed by atoms with Crippen LogP contribution in [0.5, 0.6) is 5.75 Å². The molecular formula is C31H32F3N3O2. The number of amides is 1. The van der Waals surface area contributed by atoms with Gasteiger partial charge in [0.05, 0.1) is 12.7 Å². The molecule has 1 aromatic heterocycles. The first-order chi connectivity index (χ1) is 18.8. The van der Waals surface area contributed by atoms with Gasteiger partial charge in [0.2, 0.25) is 5.91 Å². The largest absolute Gasteiger partial charge is 0.497 e. The second-order valence-corrected chi connectivity index (χ2v) is 9.89. The third-order valence-electron chi connectivity index (χ3n) is 7.64. The Balaban J connectivity index is 1.37. The van der Waals surface area contributed by atoms with E-state index in [9.17, 15) is 18.0 Å². The summed E-state index contributed by atoms with van der Waals surface area (Å²) in [5.41, 5.74) is 4.23. The summed E-state index contributed by atoms with van der Waals surface area (Å²) in [7, 11) is 1.63. The minimum atomic E-state index is -4.39. The highest BCUT2D eigenvalue weighted by Gasteiger charge is 2.32. The van der Waals surface area contributed by atoms with Crippen molar-refractivity contribution in [2.24, 2.45) is 0 Å². The molecule has 39 heavy (non-hydrogen) atoms.